The Kier molecular flexibility index (Phi) is 2.89. The number of hydrogen-bond donors (Lipinski definition) is 2. The molecule has 0 saturated carbocycles. The SMILES string of the molecule is NC(=S)Nc1ccccc1-c1nc2ccccc2o1. The smallest absolute Gasteiger partial charge is 0.229 e. The van der Waals surface area contributed by atoms with Gasteiger partial charge in [-0.05, 0) is 36.5 Å². The third-order valence-corrected chi connectivity index (χ3v) is 2.81. The van der Waals surface area contributed by atoms with Crippen molar-refractivity contribution in [1.29, 1.82) is 0 Å². The largest absolute Gasteiger partial charge is 0.436 e. The van der Waals surface area contributed by atoms with Crippen LogP contribution in [0.1, 0.15) is 0 Å². The molecule has 0 aliphatic heterocycles. The molecule has 5 heteroatoms. The summed E-state index contributed by atoms with van der Waals surface area (Å²) < 4.78 is 5.74. The molecular weight excluding hydrogens is 258 g/mol. The van der Waals surface area contributed by atoms with Crippen LogP contribution in [0.3, 0.4) is 0 Å². The Morgan fingerprint density at radius 2 is 1.84 bits per heavy atom. The molecule has 2 aromatic carbocycles. The molecule has 3 aromatic rings. The molecular formula is C14H11N3OS. The minimum absolute atomic E-state index is 0.212. The first-order valence-electron chi connectivity index (χ1n) is 5.75. The Morgan fingerprint density at radius 1 is 1.11 bits per heavy atom. The number of anilines is 1. The van der Waals surface area contributed by atoms with Crippen LogP contribution in [0.5, 0.6) is 0 Å². The molecule has 0 fully saturated rings. The molecule has 4 nitrogen and oxygen atoms in total. The first-order valence-corrected chi connectivity index (χ1v) is 6.16. The second-order valence-electron chi connectivity index (χ2n) is 4.02. The lowest BCUT2D eigenvalue weighted by molar-refractivity contribution is 0.620. The van der Waals surface area contributed by atoms with E-state index in [-0.39, 0.29) is 5.11 Å². The summed E-state index contributed by atoms with van der Waals surface area (Å²) in [5.74, 6) is 0.542. The van der Waals surface area contributed by atoms with Gasteiger partial charge in [0.05, 0.1) is 11.3 Å². The number of rotatable bonds is 2. The van der Waals surface area contributed by atoms with E-state index in [9.17, 15) is 0 Å². The number of hydrogen-bond acceptors (Lipinski definition) is 3. The summed E-state index contributed by atoms with van der Waals surface area (Å²) in [4.78, 5) is 4.46. The average Bonchev–Trinajstić information content (AvgIpc) is 2.82. The first-order chi connectivity index (χ1) is 9.24. The van der Waals surface area contributed by atoms with Gasteiger partial charge in [-0.1, -0.05) is 24.3 Å². The molecule has 1 heterocycles. The fraction of sp³-hybridized carbons (Fsp3) is 0. The highest BCUT2D eigenvalue weighted by molar-refractivity contribution is 7.80. The molecule has 1 aromatic heterocycles. The van der Waals surface area contributed by atoms with Crippen molar-refractivity contribution in [3.63, 3.8) is 0 Å². The van der Waals surface area contributed by atoms with E-state index < -0.39 is 0 Å². The Hall–Kier alpha value is -2.40. The zero-order valence-corrected chi connectivity index (χ0v) is 10.8. The van der Waals surface area contributed by atoms with Gasteiger partial charge in [0.15, 0.2) is 10.7 Å². The van der Waals surface area contributed by atoms with Crippen molar-refractivity contribution >= 4 is 34.1 Å². The van der Waals surface area contributed by atoms with Crippen molar-refractivity contribution in [2.75, 3.05) is 5.32 Å². The van der Waals surface area contributed by atoms with E-state index in [1.807, 2.05) is 48.5 Å². The topological polar surface area (TPSA) is 64.1 Å². The maximum atomic E-state index is 5.74. The Labute approximate surface area is 115 Å². The molecule has 0 atom stereocenters. The second kappa shape index (κ2) is 4.70. The Bertz CT molecular complexity index is 718. The molecule has 94 valence electrons. The van der Waals surface area contributed by atoms with Crippen LogP contribution in [-0.2, 0) is 0 Å². The minimum atomic E-state index is 0.212. The molecule has 3 rings (SSSR count). The van der Waals surface area contributed by atoms with Crippen molar-refractivity contribution in [1.82, 2.24) is 4.98 Å². The maximum Gasteiger partial charge on any atom is 0.229 e. The van der Waals surface area contributed by atoms with E-state index >= 15 is 0 Å². The summed E-state index contributed by atoms with van der Waals surface area (Å²) in [7, 11) is 0. The van der Waals surface area contributed by atoms with E-state index in [0.717, 1.165) is 22.4 Å². The summed E-state index contributed by atoms with van der Waals surface area (Å²) in [6.45, 7) is 0. The molecule has 0 aliphatic carbocycles. The number of fused-ring (bicyclic) bond motifs is 1. The van der Waals surface area contributed by atoms with Gasteiger partial charge in [0, 0.05) is 0 Å². The number of benzene rings is 2. The van der Waals surface area contributed by atoms with Crippen molar-refractivity contribution in [2.45, 2.75) is 0 Å². The normalized spacial score (nSPS) is 10.5. The molecule has 19 heavy (non-hydrogen) atoms. The number of para-hydroxylation sites is 3. The van der Waals surface area contributed by atoms with Gasteiger partial charge >= 0.3 is 0 Å². The van der Waals surface area contributed by atoms with Gasteiger partial charge < -0.3 is 15.5 Å². The summed E-state index contributed by atoms with van der Waals surface area (Å²) >= 11 is 4.87. The first kappa shape index (κ1) is 11.7. The van der Waals surface area contributed by atoms with Crippen LogP contribution in [-0.4, -0.2) is 10.1 Å². The highest BCUT2D eigenvalue weighted by Gasteiger charge is 2.11. The average molecular weight is 269 g/mol. The molecule has 0 radical (unpaired) electrons. The number of nitrogens with two attached hydrogens (primary N) is 1. The minimum Gasteiger partial charge on any atom is -0.436 e. The van der Waals surface area contributed by atoms with Gasteiger partial charge in [-0.25, -0.2) is 4.98 Å². The van der Waals surface area contributed by atoms with Crippen LogP contribution in [0.25, 0.3) is 22.6 Å². The number of aromatic nitrogens is 1. The molecule has 0 aliphatic rings. The van der Waals surface area contributed by atoms with Gasteiger partial charge in [-0.3, -0.25) is 0 Å². The van der Waals surface area contributed by atoms with Crippen LogP contribution < -0.4 is 11.1 Å². The molecule has 0 saturated heterocycles. The number of oxazole rings is 1. The zero-order valence-electron chi connectivity index (χ0n) is 9.96. The third-order valence-electron chi connectivity index (χ3n) is 2.71. The highest BCUT2D eigenvalue weighted by atomic mass is 32.1. The van der Waals surface area contributed by atoms with Crippen LogP contribution in [0.15, 0.2) is 52.9 Å². The van der Waals surface area contributed by atoms with Crippen LogP contribution in [0.4, 0.5) is 5.69 Å². The van der Waals surface area contributed by atoms with Crippen molar-refractivity contribution < 1.29 is 4.42 Å². The van der Waals surface area contributed by atoms with E-state index in [2.05, 4.69) is 10.3 Å². The number of nitrogens with zero attached hydrogens (tertiary/aromatic N) is 1. The molecule has 0 unspecified atom stereocenters. The van der Waals surface area contributed by atoms with Crippen LogP contribution >= 0.6 is 12.2 Å². The van der Waals surface area contributed by atoms with E-state index in [1.54, 1.807) is 0 Å². The predicted octanol–water partition coefficient (Wildman–Crippen LogP) is 3.15. The Morgan fingerprint density at radius 3 is 2.63 bits per heavy atom. The van der Waals surface area contributed by atoms with E-state index in [1.165, 1.54) is 0 Å². The van der Waals surface area contributed by atoms with Crippen LogP contribution in [0.2, 0.25) is 0 Å². The fourth-order valence-electron chi connectivity index (χ4n) is 1.90. The summed E-state index contributed by atoms with van der Waals surface area (Å²) in [5, 5.41) is 3.14. The van der Waals surface area contributed by atoms with Gasteiger partial charge in [0.2, 0.25) is 5.89 Å². The summed E-state index contributed by atoms with van der Waals surface area (Å²) in [5.41, 5.74) is 8.69. The second-order valence-corrected chi connectivity index (χ2v) is 4.46. The Balaban J connectivity index is 2.13. The van der Waals surface area contributed by atoms with Crippen molar-refractivity contribution in [3.05, 3.63) is 48.5 Å². The zero-order chi connectivity index (χ0) is 13.2. The lowest BCUT2D eigenvalue weighted by Crippen LogP contribution is -2.19. The van der Waals surface area contributed by atoms with Crippen molar-refractivity contribution in [3.8, 4) is 11.5 Å². The molecule has 0 bridgehead atoms. The summed E-state index contributed by atoms with van der Waals surface area (Å²) in [6, 6.07) is 15.2. The van der Waals surface area contributed by atoms with Crippen molar-refractivity contribution in [2.24, 2.45) is 5.73 Å². The lowest BCUT2D eigenvalue weighted by atomic mass is 10.2. The quantitative estimate of drug-likeness (QED) is 0.700. The third kappa shape index (κ3) is 2.28. The summed E-state index contributed by atoms with van der Waals surface area (Å²) in [6.07, 6.45) is 0. The molecule has 0 spiro atoms. The molecule has 0 amide bonds. The van der Waals surface area contributed by atoms with Gasteiger partial charge in [-0.2, -0.15) is 0 Å². The maximum absolute atomic E-state index is 5.74. The van der Waals surface area contributed by atoms with E-state index in [0.29, 0.717) is 5.89 Å². The van der Waals surface area contributed by atoms with Crippen LogP contribution in [0, 0.1) is 0 Å². The molecule has 3 N–H and O–H groups in total. The standard InChI is InChI=1S/C14H11N3OS/c15-14(19)17-10-6-2-1-5-9(10)13-16-11-7-3-4-8-12(11)18-13/h1-8H,(H3,15,17,19). The van der Waals surface area contributed by atoms with Gasteiger partial charge in [0.1, 0.15) is 5.52 Å². The lowest BCUT2D eigenvalue weighted by Gasteiger charge is -2.07. The van der Waals surface area contributed by atoms with Gasteiger partial charge in [-0.15, -0.1) is 0 Å². The highest BCUT2D eigenvalue weighted by Crippen LogP contribution is 2.29. The number of thiocarbonyl (C=S) groups is 1. The predicted molar refractivity (Wildman–Crippen MR) is 79.9 cm³/mol. The number of nitrogens with one attached hydrogen (secondary N) is 1. The van der Waals surface area contributed by atoms with Gasteiger partial charge in [0.25, 0.3) is 0 Å². The fourth-order valence-corrected chi connectivity index (χ4v) is 2.01. The monoisotopic (exact) mass is 269 g/mol. The van der Waals surface area contributed by atoms with E-state index in [4.69, 9.17) is 22.4 Å².